The molecule has 0 spiro atoms. The Kier molecular flexibility index (Phi) is 3.36. The Bertz CT molecular complexity index is 700. The fourth-order valence-electron chi connectivity index (χ4n) is 1.78. The largest absolute Gasteiger partial charge is 0.504 e. The van der Waals surface area contributed by atoms with Gasteiger partial charge in [-0.2, -0.15) is 5.10 Å². The van der Waals surface area contributed by atoms with Crippen molar-refractivity contribution < 1.29 is 13.5 Å². The van der Waals surface area contributed by atoms with Crippen LogP contribution in [0.3, 0.4) is 0 Å². The summed E-state index contributed by atoms with van der Waals surface area (Å²) in [7, 11) is -1.45. The molecule has 1 aromatic heterocycles. The van der Waals surface area contributed by atoms with Crippen molar-refractivity contribution in [3.63, 3.8) is 0 Å². The Labute approximate surface area is 112 Å². The quantitative estimate of drug-likeness (QED) is 0.932. The lowest BCUT2D eigenvalue weighted by atomic mass is 10.1. The van der Waals surface area contributed by atoms with Crippen molar-refractivity contribution in [1.82, 2.24) is 9.78 Å². The van der Waals surface area contributed by atoms with Gasteiger partial charge in [-0.1, -0.05) is 19.1 Å². The van der Waals surface area contributed by atoms with Crippen LogP contribution >= 0.6 is 0 Å². The molecule has 0 aliphatic rings. The maximum atomic E-state index is 11.7. The number of hydrogen-bond acceptors (Lipinski definition) is 4. The summed E-state index contributed by atoms with van der Waals surface area (Å²) >= 11 is 0. The molecule has 6 heteroatoms. The minimum Gasteiger partial charge on any atom is -0.504 e. The first-order chi connectivity index (χ1) is 8.86. The van der Waals surface area contributed by atoms with Gasteiger partial charge < -0.3 is 5.11 Å². The molecule has 2 aromatic rings. The second kappa shape index (κ2) is 4.70. The fraction of sp³-hybridized carbons (Fsp3) is 0.308. The van der Waals surface area contributed by atoms with E-state index in [1.165, 1.54) is 12.1 Å². The molecule has 102 valence electrons. The van der Waals surface area contributed by atoms with Crippen molar-refractivity contribution >= 4 is 9.84 Å². The molecule has 5 nitrogen and oxygen atoms in total. The van der Waals surface area contributed by atoms with Crippen molar-refractivity contribution in [3.8, 4) is 17.0 Å². The third-order valence-corrected chi connectivity index (χ3v) is 4.92. The Morgan fingerprint density at radius 1 is 1.26 bits per heavy atom. The van der Waals surface area contributed by atoms with Gasteiger partial charge in [0, 0.05) is 12.6 Å². The normalized spacial score (nSPS) is 11.7. The van der Waals surface area contributed by atoms with Crippen LogP contribution in [-0.4, -0.2) is 29.1 Å². The number of aromatic nitrogens is 2. The number of aromatic hydroxyl groups is 1. The Morgan fingerprint density at radius 2 is 1.84 bits per heavy atom. The number of rotatable bonds is 3. The minimum atomic E-state index is -3.20. The summed E-state index contributed by atoms with van der Waals surface area (Å²) in [6, 6.07) is 6.39. The second-order valence-corrected chi connectivity index (χ2v) is 6.61. The highest BCUT2D eigenvalue weighted by Crippen LogP contribution is 2.31. The zero-order valence-electron chi connectivity index (χ0n) is 11.1. The SMILES string of the molecule is CCS(=O)(=O)c1ccc(-c2nn(C)c(C)c2O)cc1. The maximum absolute atomic E-state index is 11.7. The van der Waals surface area contributed by atoms with Gasteiger partial charge in [0.1, 0.15) is 5.69 Å². The third kappa shape index (κ3) is 2.35. The van der Waals surface area contributed by atoms with Crippen molar-refractivity contribution in [2.24, 2.45) is 7.05 Å². The molecule has 0 saturated heterocycles. The smallest absolute Gasteiger partial charge is 0.178 e. The zero-order chi connectivity index (χ0) is 14.2. The predicted octanol–water partition coefficient (Wildman–Crippen LogP) is 1.89. The van der Waals surface area contributed by atoms with Gasteiger partial charge in [-0.15, -0.1) is 0 Å². The van der Waals surface area contributed by atoms with E-state index >= 15 is 0 Å². The van der Waals surface area contributed by atoms with Crippen LogP contribution in [0, 0.1) is 6.92 Å². The third-order valence-electron chi connectivity index (χ3n) is 3.17. The van der Waals surface area contributed by atoms with Gasteiger partial charge in [-0.25, -0.2) is 8.42 Å². The molecule has 0 atom stereocenters. The molecule has 0 aliphatic carbocycles. The van der Waals surface area contributed by atoms with Crippen LogP contribution in [0.25, 0.3) is 11.3 Å². The summed E-state index contributed by atoms with van der Waals surface area (Å²) in [6.07, 6.45) is 0. The molecule has 2 rings (SSSR count). The molecule has 1 aromatic carbocycles. The van der Waals surface area contributed by atoms with Gasteiger partial charge >= 0.3 is 0 Å². The molecule has 0 saturated carbocycles. The van der Waals surface area contributed by atoms with Crippen LogP contribution in [-0.2, 0) is 16.9 Å². The Hall–Kier alpha value is -1.82. The van der Waals surface area contributed by atoms with Crippen LogP contribution in [0.4, 0.5) is 0 Å². The Morgan fingerprint density at radius 3 is 2.26 bits per heavy atom. The van der Waals surface area contributed by atoms with Crippen molar-refractivity contribution in [2.45, 2.75) is 18.7 Å². The van der Waals surface area contributed by atoms with E-state index in [4.69, 9.17) is 0 Å². The number of benzene rings is 1. The maximum Gasteiger partial charge on any atom is 0.178 e. The summed E-state index contributed by atoms with van der Waals surface area (Å²) in [4.78, 5) is 0.283. The molecular weight excluding hydrogens is 264 g/mol. The van der Waals surface area contributed by atoms with E-state index in [1.54, 1.807) is 37.7 Å². The lowest BCUT2D eigenvalue weighted by Crippen LogP contribution is -2.03. The summed E-state index contributed by atoms with van der Waals surface area (Å²) < 4.78 is 25.0. The van der Waals surface area contributed by atoms with Crippen LogP contribution < -0.4 is 0 Å². The summed E-state index contributed by atoms with van der Waals surface area (Å²) in [5.41, 5.74) is 1.82. The molecule has 0 amide bonds. The minimum absolute atomic E-state index is 0.0697. The first-order valence-electron chi connectivity index (χ1n) is 5.92. The number of nitrogens with zero attached hydrogens (tertiary/aromatic N) is 2. The molecular formula is C13H16N2O3S. The number of sulfone groups is 1. The molecule has 0 fully saturated rings. The topological polar surface area (TPSA) is 72.2 Å². The highest BCUT2D eigenvalue weighted by atomic mass is 32.2. The zero-order valence-corrected chi connectivity index (χ0v) is 11.9. The monoisotopic (exact) mass is 280 g/mol. The van der Waals surface area contributed by atoms with E-state index < -0.39 is 9.84 Å². The van der Waals surface area contributed by atoms with Gasteiger partial charge in [0.2, 0.25) is 0 Å². The molecule has 0 radical (unpaired) electrons. The van der Waals surface area contributed by atoms with Crippen molar-refractivity contribution in [1.29, 1.82) is 0 Å². The molecule has 0 bridgehead atoms. The standard InChI is InChI=1S/C13H16N2O3S/c1-4-19(17,18)11-7-5-10(6-8-11)12-13(16)9(2)15(3)14-12/h5-8,16H,4H2,1-3H3. The van der Waals surface area contributed by atoms with Crippen molar-refractivity contribution in [3.05, 3.63) is 30.0 Å². The number of hydrogen-bond donors (Lipinski definition) is 1. The second-order valence-electron chi connectivity index (χ2n) is 4.33. The lowest BCUT2D eigenvalue weighted by molar-refractivity contribution is 0.471. The first-order valence-corrected chi connectivity index (χ1v) is 7.57. The van der Waals surface area contributed by atoms with Gasteiger partial charge in [-0.05, 0) is 19.1 Å². The average molecular weight is 280 g/mol. The average Bonchev–Trinajstić information content (AvgIpc) is 2.67. The van der Waals surface area contributed by atoms with Crippen molar-refractivity contribution in [2.75, 3.05) is 5.75 Å². The molecule has 1 N–H and O–H groups in total. The fourth-order valence-corrected chi connectivity index (χ4v) is 2.66. The highest BCUT2D eigenvalue weighted by molar-refractivity contribution is 7.91. The lowest BCUT2D eigenvalue weighted by Gasteiger charge is -2.02. The first kappa shape index (κ1) is 13.6. The molecule has 1 heterocycles. The summed E-state index contributed by atoms with van der Waals surface area (Å²) in [5.74, 6) is 0.189. The summed E-state index contributed by atoms with van der Waals surface area (Å²) in [6.45, 7) is 3.37. The van der Waals surface area contributed by atoms with Crippen LogP contribution in [0.15, 0.2) is 29.2 Å². The van der Waals surface area contributed by atoms with E-state index in [9.17, 15) is 13.5 Å². The van der Waals surface area contributed by atoms with Gasteiger partial charge in [0.25, 0.3) is 0 Å². The van der Waals surface area contributed by atoms with E-state index in [1.807, 2.05) is 0 Å². The van der Waals surface area contributed by atoms with E-state index in [0.717, 1.165) is 0 Å². The number of aryl methyl sites for hydroxylation is 1. The Balaban J connectivity index is 2.46. The van der Waals surface area contributed by atoms with E-state index in [-0.39, 0.29) is 16.4 Å². The van der Waals surface area contributed by atoms with Gasteiger partial charge in [-0.3, -0.25) is 4.68 Å². The summed E-state index contributed by atoms with van der Waals surface area (Å²) in [5, 5.41) is 14.2. The predicted molar refractivity (Wildman–Crippen MR) is 72.8 cm³/mol. The highest BCUT2D eigenvalue weighted by Gasteiger charge is 2.15. The van der Waals surface area contributed by atoms with Gasteiger partial charge in [0.05, 0.1) is 16.3 Å². The molecule has 19 heavy (non-hydrogen) atoms. The molecule has 0 aliphatic heterocycles. The molecule has 0 unspecified atom stereocenters. The van der Waals surface area contributed by atoms with E-state index in [2.05, 4.69) is 5.10 Å². The van der Waals surface area contributed by atoms with Crippen LogP contribution in [0.2, 0.25) is 0 Å². The van der Waals surface area contributed by atoms with E-state index in [0.29, 0.717) is 17.0 Å². The van der Waals surface area contributed by atoms with Gasteiger partial charge in [0.15, 0.2) is 15.6 Å². The van der Waals surface area contributed by atoms with Crippen LogP contribution in [0.5, 0.6) is 5.75 Å². The van der Waals surface area contributed by atoms with Crippen LogP contribution in [0.1, 0.15) is 12.6 Å².